The number of piperidine rings is 3. The van der Waals surface area contributed by atoms with Crippen LogP contribution in [0, 0.1) is 5.92 Å². The van der Waals surface area contributed by atoms with Gasteiger partial charge in [-0.15, -0.1) is 0 Å². The molecule has 6 rings (SSSR count). The summed E-state index contributed by atoms with van der Waals surface area (Å²) in [6.07, 6.45) is 3.78. The van der Waals surface area contributed by atoms with Gasteiger partial charge < -0.3 is 20.0 Å². The molecule has 0 saturated carbocycles. The van der Waals surface area contributed by atoms with E-state index in [4.69, 9.17) is 5.11 Å². The van der Waals surface area contributed by atoms with E-state index < -0.39 is 16.0 Å². The summed E-state index contributed by atoms with van der Waals surface area (Å²) in [7, 11) is -3.75. The number of fused-ring (bicyclic) bond motifs is 6. The van der Waals surface area contributed by atoms with Gasteiger partial charge in [-0.3, -0.25) is 9.59 Å². The summed E-state index contributed by atoms with van der Waals surface area (Å²) in [5.74, 6) is -0.580. The van der Waals surface area contributed by atoms with Gasteiger partial charge in [0.15, 0.2) is 0 Å². The van der Waals surface area contributed by atoms with Crippen molar-refractivity contribution in [1.29, 1.82) is 0 Å². The van der Waals surface area contributed by atoms with Crippen LogP contribution in [-0.4, -0.2) is 60.0 Å². The fourth-order valence-electron chi connectivity index (χ4n) is 4.95. The van der Waals surface area contributed by atoms with E-state index in [1.165, 1.54) is 6.07 Å². The summed E-state index contributed by atoms with van der Waals surface area (Å²) < 4.78 is 29.2. The van der Waals surface area contributed by atoms with E-state index >= 15 is 0 Å². The van der Waals surface area contributed by atoms with Crippen LogP contribution >= 0.6 is 0 Å². The third-order valence-electron chi connectivity index (χ3n) is 6.58. The zero-order valence-corrected chi connectivity index (χ0v) is 17.7. The molecule has 1 atom stereocenters. The number of aryl methyl sites for hydroxylation is 1. The molecule has 3 aromatic rings. The lowest BCUT2D eigenvalue weighted by molar-refractivity contribution is -0.136. The fourth-order valence-corrected chi connectivity index (χ4v) is 6.27. The third-order valence-corrected chi connectivity index (χ3v) is 8.07. The monoisotopic (exact) mass is 444 g/mol. The zero-order chi connectivity index (χ0) is 21.8. The minimum Gasteiger partial charge on any atom is -0.481 e. The molecule has 0 amide bonds. The molecule has 2 aromatic heterocycles. The van der Waals surface area contributed by atoms with Gasteiger partial charge in [-0.05, 0) is 62.0 Å². The first kappa shape index (κ1) is 20.2. The number of carbonyl (C=O) groups is 1. The number of hydrogen-bond acceptors (Lipinski definition) is 5. The molecule has 1 unspecified atom stereocenters. The van der Waals surface area contributed by atoms with Crippen molar-refractivity contribution in [2.45, 2.75) is 36.6 Å². The zero-order valence-electron chi connectivity index (χ0n) is 16.8. The number of carboxylic acid groups (broad SMARTS) is 1. The van der Waals surface area contributed by atoms with Crippen LogP contribution in [0.15, 0.2) is 34.1 Å². The predicted octanol–water partition coefficient (Wildman–Crippen LogP) is 1.40. The molecule has 31 heavy (non-hydrogen) atoms. The lowest BCUT2D eigenvalue weighted by Gasteiger charge is -2.44. The summed E-state index contributed by atoms with van der Waals surface area (Å²) in [5.41, 5.74) is 1.17. The number of aliphatic carboxylic acids is 1. The van der Waals surface area contributed by atoms with Crippen molar-refractivity contribution in [2.75, 3.05) is 19.6 Å². The molecule has 3 aliphatic rings. The first-order valence-electron chi connectivity index (χ1n) is 10.4. The van der Waals surface area contributed by atoms with E-state index in [9.17, 15) is 18.0 Å². The molecule has 5 heterocycles. The highest BCUT2D eigenvalue weighted by atomic mass is 32.2. The molecule has 164 valence electrons. The van der Waals surface area contributed by atoms with Crippen LogP contribution < -0.4 is 10.3 Å². The molecule has 4 N–H and O–H groups in total. The smallest absolute Gasteiger partial charge is 0.303 e. The number of hydrogen-bond donors (Lipinski definition) is 4. The van der Waals surface area contributed by atoms with E-state index in [1.807, 2.05) is 0 Å². The number of pyridine rings is 1. The Kier molecular flexibility index (Phi) is 4.87. The number of nitrogens with one attached hydrogen (secondary N) is 3. The average Bonchev–Trinajstić information content (AvgIpc) is 3.18. The Balaban J connectivity index is 1.56. The number of rotatable bonds is 6. The first-order valence-corrected chi connectivity index (χ1v) is 11.9. The molecule has 0 spiro atoms. The van der Waals surface area contributed by atoms with Gasteiger partial charge in [-0.1, -0.05) is 0 Å². The highest BCUT2D eigenvalue weighted by Gasteiger charge is 2.36. The van der Waals surface area contributed by atoms with E-state index in [2.05, 4.69) is 19.6 Å². The predicted molar refractivity (Wildman–Crippen MR) is 116 cm³/mol. The molecule has 0 radical (unpaired) electrons. The normalized spacial score (nSPS) is 23.5. The second kappa shape index (κ2) is 7.47. The van der Waals surface area contributed by atoms with Crippen molar-refractivity contribution in [1.82, 2.24) is 19.6 Å². The van der Waals surface area contributed by atoms with Gasteiger partial charge in [0.2, 0.25) is 10.0 Å². The summed E-state index contributed by atoms with van der Waals surface area (Å²) in [6, 6.07) is 4.55. The van der Waals surface area contributed by atoms with Crippen molar-refractivity contribution in [3.63, 3.8) is 0 Å². The number of sulfonamides is 1. The Bertz CT molecular complexity index is 1340. The Hall–Kier alpha value is -2.69. The Morgan fingerprint density at radius 2 is 2.03 bits per heavy atom. The second-order valence-electron chi connectivity index (χ2n) is 8.48. The quantitative estimate of drug-likeness (QED) is 0.454. The Labute approximate surface area is 178 Å². The number of carboxylic acids is 1. The largest absolute Gasteiger partial charge is 0.481 e. The maximum Gasteiger partial charge on any atom is 0.303 e. The van der Waals surface area contributed by atoms with Gasteiger partial charge in [0.05, 0.1) is 4.90 Å². The van der Waals surface area contributed by atoms with Crippen molar-refractivity contribution in [3.05, 3.63) is 40.3 Å². The molecule has 9 nitrogen and oxygen atoms in total. The van der Waals surface area contributed by atoms with Gasteiger partial charge >= 0.3 is 5.97 Å². The summed E-state index contributed by atoms with van der Waals surface area (Å²) in [6.45, 7) is 2.78. The maximum atomic E-state index is 13.2. The lowest BCUT2D eigenvalue weighted by Crippen LogP contribution is -2.57. The maximum absolute atomic E-state index is 13.2. The van der Waals surface area contributed by atoms with Crippen LogP contribution in [0.5, 0.6) is 0 Å². The standard InChI is InChI=1S/C21H24N4O5S/c26-18(27)4-1-13-10-22-20-19(13)15-9-14(2-3-16(15)23-21(20)28)31(29,30)24-17-11-25-7-5-12(17)6-8-25/h2-3,9-10,12,17,22,24H,1,4-8,11H2,(H,23,28)(H,26,27). The van der Waals surface area contributed by atoms with Crippen LogP contribution in [0.4, 0.5) is 0 Å². The molecule has 1 aromatic carbocycles. The summed E-state index contributed by atoms with van der Waals surface area (Å²) in [5, 5.41) is 10.2. The summed E-state index contributed by atoms with van der Waals surface area (Å²) in [4.78, 5) is 31.5. The fraction of sp³-hybridized carbons (Fsp3) is 0.429. The molecular weight excluding hydrogens is 420 g/mol. The van der Waals surface area contributed by atoms with Crippen molar-refractivity contribution in [3.8, 4) is 0 Å². The topological polar surface area (TPSA) is 135 Å². The number of aromatic nitrogens is 2. The van der Waals surface area contributed by atoms with Crippen LogP contribution in [0.1, 0.15) is 24.8 Å². The Morgan fingerprint density at radius 3 is 2.71 bits per heavy atom. The lowest BCUT2D eigenvalue weighted by atomic mass is 9.85. The van der Waals surface area contributed by atoms with E-state index in [1.54, 1.807) is 18.3 Å². The average molecular weight is 445 g/mol. The van der Waals surface area contributed by atoms with Crippen LogP contribution in [0.25, 0.3) is 21.8 Å². The number of H-pyrrole nitrogens is 2. The minimum atomic E-state index is -3.75. The minimum absolute atomic E-state index is 0.0830. The van der Waals surface area contributed by atoms with E-state index in [0.717, 1.165) is 32.5 Å². The second-order valence-corrected chi connectivity index (χ2v) is 10.2. The van der Waals surface area contributed by atoms with E-state index in [0.29, 0.717) is 33.3 Å². The van der Waals surface area contributed by atoms with Crippen LogP contribution in [0.2, 0.25) is 0 Å². The first-order chi connectivity index (χ1) is 14.8. The third kappa shape index (κ3) is 3.64. The Morgan fingerprint density at radius 1 is 1.26 bits per heavy atom. The van der Waals surface area contributed by atoms with E-state index in [-0.39, 0.29) is 29.3 Å². The summed E-state index contributed by atoms with van der Waals surface area (Å²) >= 11 is 0. The van der Waals surface area contributed by atoms with Crippen molar-refractivity contribution >= 4 is 37.8 Å². The number of nitrogens with zero attached hydrogens (tertiary/aromatic N) is 1. The molecule has 3 fully saturated rings. The number of aromatic amines is 2. The molecule has 3 aliphatic heterocycles. The highest BCUT2D eigenvalue weighted by Crippen LogP contribution is 2.30. The number of benzene rings is 1. The van der Waals surface area contributed by atoms with Gasteiger partial charge in [-0.2, -0.15) is 0 Å². The van der Waals surface area contributed by atoms with Crippen LogP contribution in [-0.2, 0) is 21.2 Å². The molecule has 10 heteroatoms. The van der Waals surface area contributed by atoms with Crippen LogP contribution in [0.3, 0.4) is 0 Å². The van der Waals surface area contributed by atoms with Gasteiger partial charge in [0.1, 0.15) is 5.52 Å². The van der Waals surface area contributed by atoms with Gasteiger partial charge in [0, 0.05) is 41.5 Å². The molecule has 0 aliphatic carbocycles. The van der Waals surface area contributed by atoms with Gasteiger partial charge in [0.25, 0.3) is 5.56 Å². The molecule has 3 saturated heterocycles. The van der Waals surface area contributed by atoms with Gasteiger partial charge in [-0.25, -0.2) is 13.1 Å². The van der Waals surface area contributed by atoms with Crippen molar-refractivity contribution in [2.24, 2.45) is 5.92 Å². The SMILES string of the molecule is O=C(O)CCc1c[nH]c2c(=O)[nH]c3ccc(S(=O)(=O)NC4CN5CCC4CC5)cc3c12. The molecular formula is C21H24N4O5S. The van der Waals surface area contributed by atoms with Crippen molar-refractivity contribution < 1.29 is 18.3 Å². The highest BCUT2D eigenvalue weighted by molar-refractivity contribution is 7.89. The molecule has 2 bridgehead atoms.